The SMILES string of the molecule is S=C(NCc1ccccn1)Nc1cccnc1. The smallest absolute Gasteiger partial charge is 0.171 e. The van der Waals surface area contributed by atoms with Gasteiger partial charge in [0.05, 0.1) is 24.1 Å². The fraction of sp³-hybridized carbons (Fsp3) is 0.0833. The van der Waals surface area contributed by atoms with Crippen molar-refractivity contribution in [1.29, 1.82) is 0 Å². The molecule has 0 aromatic carbocycles. The van der Waals surface area contributed by atoms with Crippen LogP contribution in [0.15, 0.2) is 48.9 Å². The Morgan fingerprint density at radius 1 is 1.18 bits per heavy atom. The van der Waals surface area contributed by atoms with E-state index in [1.807, 2.05) is 30.3 Å². The van der Waals surface area contributed by atoms with Gasteiger partial charge in [-0.1, -0.05) is 6.07 Å². The second-order valence-electron chi connectivity index (χ2n) is 3.37. The van der Waals surface area contributed by atoms with E-state index in [1.54, 1.807) is 18.6 Å². The second kappa shape index (κ2) is 5.91. The van der Waals surface area contributed by atoms with Gasteiger partial charge in [0, 0.05) is 12.4 Å². The molecule has 2 aromatic rings. The van der Waals surface area contributed by atoms with Crippen molar-refractivity contribution < 1.29 is 0 Å². The van der Waals surface area contributed by atoms with Crippen LogP contribution in [0.1, 0.15) is 5.69 Å². The van der Waals surface area contributed by atoms with Crippen molar-refractivity contribution in [3.05, 3.63) is 54.6 Å². The van der Waals surface area contributed by atoms with Crippen LogP contribution in [0.3, 0.4) is 0 Å². The lowest BCUT2D eigenvalue weighted by Gasteiger charge is -2.09. The molecule has 0 aliphatic carbocycles. The van der Waals surface area contributed by atoms with Crippen LogP contribution in [0.4, 0.5) is 5.69 Å². The number of thiocarbonyl (C=S) groups is 1. The van der Waals surface area contributed by atoms with Gasteiger partial charge in [0.2, 0.25) is 0 Å². The Labute approximate surface area is 105 Å². The molecule has 0 aliphatic heterocycles. The van der Waals surface area contributed by atoms with Crippen molar-refractivity contribution in [2.75, 3.05) is 5.32 Å². The first-order chi connectivity index (χ1) is 8.34. The molecule has 0 radical (unpaired) electrons. The molecule has 2 aromatic heterocycles. The van der Waals surface area contributed by atoms with Gasteiger partial charge in [0.1, 0.15) is 0 Å². The van der Waals surface area contributed by atoms with E-state index in [1.165, 1.54) is 0 Å². The lowest BCUT2D eigenvalue weighted by molar-refractivity contribution is 0.882. The molecule has 0 saturated carbocycles. The topological polar surface area (TPSA) is 49.8 Å². The van der Waals surface area contributed by atoms with E-state index in [0.29, 0.717) is 11.7 Å². The Hall–Kier alpha value is -2.01. The fourth-order valence-electron chi connectivity index (χ4n) is 1.29. The minimum absolute atomic E-state index is 0.559. The zero-order chi connectivity index (χ0) is 11.9. The molecule has 0 unspecified atom stereocenters. The summed E-state index contributed by atoms with van der Waals surface area (Å²) < 4.78 is 0. The predicted octanol–water partition coefficient (Wildman–Crippen LogP) is 1.96. The molecule has 0 amide bonds. The number of anilines is 1. The maximum Gasteiger partial charge on any atom is 0.171 e. The number of nitrogens with zero attached hydrogens (tertiary/aromatic N) is 2. The molecule has 0 saturated heterocycles. The van der Waals surface area contributed by atoms with Crippen LogP contribution >= 0.6 is 12.2 Å². The summed E-state index contributed by atoms with van der Waals surface area (Å²) in [5, 5.41) is 6.68. The van der Waals surface area contributed by atoms with Crippen LogP contribution in [0, 0.1) is 0 Å². The van der Waals surface area contributed by atoms with Crippen molar-refractivity contribution in [3.63, 3.8) is 0 Å². The Morgan fingerprint density at radius 3 is 2.82 bits per heavy atom. The van der Waals surface area contributed by atoms with Crippen LogP contribution < -0.4 is 10.6 Å². The monoisotopic (exact) mass is 244 g/mol. The van der Waals surface area contributed by atoms with Crippen molar-refractivity contribution in [3.8, 4) is 0 Å². The van der Waals surface area contributed by atoms with Gasteiger partial charge >= 0.3 is 0 Å². The molecule has 0 bridgehead atoms. The van der Waals surface area contributed by atoms with Crippen molar-refractivity contribution in [2.45, 2.75) is 6.54 Å². The summed E-state index contributed by atoms with van der Waals surface area (Å²) in [5.41, 5.74) is 1.81. The molecule has 0 fully saturated rings. The van der Waals surface area contributed by atoms with E-state index in [4.69, 9.17) is 12.2 Å². The van der Waals surface area contributed by atoms with E-state index < -0.39 is 0 Å². The molecule has 2 heterocycles. The molecule has 86 valence electrons. The highest BCUT2D eigenvalue weighted by Crippen LogP contribution is 2.02. The van der Waals surface area contributed by atoms with E-state index in [9.17, 15) is 0 Å². The maximum absolute atomic E-state index is 5.16. The van der Waals surface area contributed by atoms with Crippen molar-refractivity contribution in [2.24, 2.45) is 0 Å². The fourth-order valence-corrected chi connectivity index (χ4v) is 1.48. The molecule has 4 nitrogen and oxygen atoms in total. The van der Waals surface area contributed by atoms with Gasteiger partial charge in [-0.2, -0.15) is 0 Å². The molecule has 0 spiro atoms. The normalized spacial score (nSPS) is 9.65. The van der Waals surface area contributed by atoms with Gasteiger partial charge in [-0.15, -0.1) is 0 Å². The Kier molecular flexibility index (Phi) is 3.99. The van der Waals surface area contributed by atoms with Gasteiger partial charge in [0.25, 0.3) is 0 Å². The number of aromatic nitrogens is 2. The molecule has 17 heavy (non-hydrogen) atoms. The summed E-state index contributed by atoms with van der Waals surface area (Å²) in [7, 11) is 0. The van der Waals surface area contributed by atoms with Crippen LogP contribution in [-0.4, -0.2) is 15.1 Å². The molecular weight excluding hydrogens is 232 g/mol. The average Bonchev–Trinajstić information content (AvgIpc) is 2.39. The molecule has 2 rings (SSSR count). The van der Waals surface area contributed by atoms with Crippen molar-refractivity contribution in [1.82, 2.24) is 15.3 Å². The largest absolute Gasteiger partial charge is 0.357 e. The third-order valence-electron chi connectivity index (χ3n) is 2.08. The van der Waals surface area contributed by atoms with Gasteiger partial charge in [0.15, 0.2) is 5.11 Å². The van der Waals surface area contributed by atoms with Crippen LogP contribution in [0.25, 0.3) is 0 Å². The summed E-state index contributed by atoms with van der Waals surface area (Å²) in [6.07, 6.45) is 5.19. The van der Waals surface area contributed by atoms with E-state index >= 15 is 0 Å². The number of nitrogens with one attached hydrogen (secondary N) is 2. The third kappa shape index (κ3) is 3.81. The van der Waals surface area contributed by atoms with Crippen LogP contribution in [-0.2, 0) is 6.54 Å². The van der Waals surface area contributed by atoms with Gasteiger partial charge in [-0.25, -0.2) is 0 Å². The van der Waals surface area contributed by atoms with E-state index in [0.717, 1.165) is 11.4 Å². The Bertz CT molecular complexity index is 472. The maximum atomic E-state index is 5.16. The van der Waals surface area contributed by atoms with Crippen LogP contribution in [0.2, 0.25) is 0 Å². The Balaban J connectivity index is 1.83. The predicted molar refractivity (Wildman–Crippen MR) is 71.5 cm³/mol. The molecule has 0 atom stereocenters. The second-order valence-corrected chi connectivity index (χ2v) is 3.78. The molecule has 0 aliphatic rings. The van der Waals surface area contributed by atoms with Crippen LogP contribution in [0.5, 0.6) is 0 Å². The summed E-state index contributed by atoms with van der Waals surface area (Å²) in [5.74, 6) is 0. The standard InChI is InChI=1S/C12H12N4S/c17-12(16-11-5-3-6-13-8-11)15-9-10-4-1-2-7-14-10/h1-8H,9H2,(H2,15,16,17). The summed E-state index contributed by atoms with van der Waals surface area (Å²) in [6, 6.07) is 9.53. The van der Waals surface area contributed by atoms with E-state index in [-0.39, 0.29) is 0 Å². The van der Waals surface area contributed by atoms with Gasteiger partial charge in [-0.05, 0) is 36.5 Å². The highest BCUT2D eigenvalue weighted by atomic mass is 32.1. The molecular formula is C12H12N4S. The number of pyridine rings is 2. The summed E-state index contributed by atoms with van der Waals surface area (Å²) in [4.78, 5) is 8.19. The molecule has 2 N–H and O–H groups in total. The summed E-state index contributed by atoms with van der Waals surface area (Å²) >= 11 is 5.16. The van der Waals surface area contributed by atoms with E-state index in [2.05, 4.69) is 20.6 Å². The first kappa shape index (κ1) is 11.5. The minimum Gasteiger partial charge on any atom is -0.357 e. The lowest BCUT2D eigenvalue weighted by atomic mass is 10.3. The number of hydrogen-bond acceptors (Lipinski definition) is 3. The third-order valence-corrected chi connectivity index (χ3v) is 2.32. The van der Waals surface area contributed by atoms with Gasteiger partial charge < -0.3 is 10.6 Å². The van der Waals surface area contributed by atoms with Gasteiger partial charge in [-0.3, -0.25) is 9.97 Å². The zero-order valence-corrected chi connectivity index (χ0v) is 9.95. The first-order valence-corrected chi connectivity index (χ1v) is 5.60. The average molecular weight is 244 g/mol. The first-order valence-electron chi connectivity index (χ1n) is 5.19. The molecule has 5 heteroatoms. The number of hydrogen-bond donors (Lipinski definition) is 2. The highest BCUT2D eigenvalue weighted by molar-refractivity contribution is 7.80. The van der Waals surface area contributed by atoms with Crippen molar-refractivity contribution >= 4 is 23.0 Å². The lowest BCUT2D eigenvalue weighted by Crippen LogP contribution is -2.28. The number of rotatable bonds is 3. The Morgan fingerprint density at radius 2 is 2.12 bits per heavy atom. The summed E-state index contributed by atoms with van der Waals surface area (Å²) in [6.45, 7) is 0.604. The minimum atomic E-state index is 0.559. The zero-order valence-electron chi connectivity index (χ0n) is 9.13. The highest BCUT2D eigenvalue weighted by Gasteiger charge is 1.97. The quantitative estimate of drug-likeness (QED) is 0.808.